The summed E-state index contributed by atoms with van der Waals surface area (Å²) in [6, 6.07) is 12.1. The van der Waals surface area contributed by atoms with Gasteiger partial charge in [-0.3, -0.25) is 9.59 Å². The van der Waals surface area contributed by atoms with Crippen LogP contribution in [0.25, 0.3) is 0 Å². The van der Waals surface area contributed by atoms with Crippen LogP contribution in [0, 0.1) is 19.8 Å². The summed E-state index contributed by atoms with van der Waals surface area (Å²) in [5, 5.41) is 7.10. The predicted octanol–water partition coefficient (Wildman–Crippen LogP) is 4.44. The molecule has 2 aromatic carbocycles. The SMILES string of the molecule is CCc1cnc(Nc2cc(C)cc(C)c2)nc1CNC1CC2CC1CN2C(=O)c1ccc(N)c(COC(C)=O)c1. The molecule has 4 N–H and O–H groups in total. The van der Waals surface area contributed by atoms with Gasteiger partial charge in [-0.1, -0.05) is 13.0 Å². The van der Waals surface area contributed by atoms with Crippen molar-refractivity contribution in [2.45, 2.75) is 72.2 Å². The van der Waals surface area contributed by atoms with Gasteiger partial charge in [0.25, 0.3) is 5.91 Å². The Bertz CT molecular complexity index is 1400. The molecule has 0 spiro atoms. The quantitative estimate of drug-likeness (QED) is 0.268. The minimum atomic E-state index is -0.381. The van der Waals surface area contributed by atoms with E-state index in [0.29, 0.717) is 41.3 Å². The molecule has 0 radical (unpaired) electrons. The van der Waals surface area contributed by atoms with Crippen LogP contribution >= 0.6 is 0 Å². The monoisotopic (exact) mass is 542 g/mol. The predicted molar refractivity (Wildman–Crippen MR) is 155 cm³/mol. The first-order valence-electron chi connectivity index (χ1n) is 14.0. The maximum absolute atomic E-state index is 13.4. The molecule has 1 saturated heterocycles. The number of nitrogens with one attached hydrogen (secondary N) is 2. The van der Waals surface area contributed by atoms with E-state index in [2.05, 4.69) is 54.6 Å². The van der Waals surface area contributed by atoms with E-state index in [-0.39, 0.29) is 24.5 Å². The summed E-state index contributed by atoms with van der Waals surface area (Å²) in [6.45, 7) is 9.07. The summed E-state index contributed by atoms with van der Waals surface area (Å²) in [7, 11) is 0. The Morgan fingerprint density at radius 3 is 2.55 bits per heavy atom. The van der Waals surface area contributed by atoms with E-state index >= 15 is 0 Å². The average Bonchev–Trinajstić information content (AvgIpc) is 3.51. The third-order valence-electron chi connectivity index (χ3n) is 7.97. The van der Waals surface area contributed by atoms with Crippen LogP contribution in [0.15, 0.2) is 42.6 Å². The van der Waals surface area contributed by atoms with E-state index in [1.165, 1.54) is 18.1 Å². The largest absolute Gasteiger partial charge is 0.461 e. The lowest BCUT2D eigenvalue weighted by Gasteiger charge is -2.32. The molecule has 1 saturated carbocycles. The van der Waals surface area contributed by atoms with Gasteiger partial charge in [0, 0.05) is 60.8 Å². The van der Waals surface area contributed by atoms with E-state index in [9.17, 15) is 9.59 Å². The van der Waals surface area contributed by atoms with Crippen LogP contribution in [0.4, 0.5) is 17.3 Å². The van der Waals surface area contributed by atoms with E-state index < -0.39 is 0 Å². The molecule has 3 unspecified atom stereocenters. The lowest BCUT2D eigenvalue weighted by atomic mass is 10.0. The number of hydrogen-bond donors (Lipinski definition) is 3. The van der Waals surface area contributed by atoms with Crippen molar-refractivity contribution < 1.29 is 14.3 Å². The number of likely N-dealkylation sites (tertiary alicyclic amines) is 1. The first-order valence-corrected chi connectivity index (χ1v) is 14.0. The molecule has 5 rings (SSSR count). The Hall–Kier alpha value is -3.98. The van der Waals surface area contributed by atoms with Gasteiger partial charge in [0.2, 0.25) is 5.95 Å². The number of anilines is 3. The number of rotatable bonds is 9. The Labute approximate surface area is 235 Å². The van der Waals surface area contributed by atoms with E-state index in [1.54, 1.807) is 18.2 Å². The second-order valence-corrected chi connectivity index (χ2v) is 11.0. The van der Waals surface area contributed by atoms with Crippen LogP contribution in [0.2, 0.25) is 0 Å². The van der Waals surface area contributed by atoms with E-state index in [0.717, 1.165) is 42.8 Å². The minimum Gasteiger partial charge on any atom is -0.461 e. The van der Waals surface area contributed by atoms with Crippen molar-refractivity contribution in [2.24, 2.45) is 5.92 Å². The molecule has 2 aliphatic rings. The van der Waals surface area contributed by atoms with Gasteiger partial charge in [-0.2, -0.15) is 0 Å². The summed E-state index contributed by atoms with van der Waals surface area (Å²) >= 11 is 0. The molecule has 1 aliphatic heterocycles. The molecule has 2 heterocycles. The van der Waals surface area contributed by atoms with Crippen LogP contribution in [-0.4, -0.2) is 45.4 Å². The highest BCUT2D eigenvalue weighted by atomic mass is 16.5. The number of piperidine rings is 1. The number of ether oxygens (including phenoxy) is 1. The summed E-state index contributed by atoms with van der Waals surface area (Å²) in [6.07, 6.45) is 4.67. The van der Waals surface area contributed by atoms with Crippen molar-refractivity contribution in [3.8, 4) is 0 Å². The van der Waals surface area contributed by atoms with Gasteiger partial charge in [0.15, 0.2) is 0 Å². The molecule has 2 bridgehead atoms. The van der Waals surface area contributed by atoms with Gasteiger partial charge in [-0.25, -0.2) is 9.97 Å². The molecule has 3 aromatic rings. The highest BCUT2D eigenvalue weighted by molar-refractivity contribution is 5.95. The number of carbonyl (C=O) groups excluding carboxylic acids is 2. The van der Waals surface area contributed by atoms with Crippen LogP contribution < -0.4 is 16.4 Å². The molecule has 40 heavy (non-hydrogen) atoms. The van der Waals surface area contributed by atoms with Crippen molar-refractivity contribution in [3.63, 3.8) is 0 Å². The Balaban J connectivity index is 1.21. The maximum atomic E-state index is 13.4. The number of fused-ring (bicyclic) bond motifs is 2. The summed E-state index contributed by atoms with van der Waals surface area (Å²) in [5.41, 5.74) is 13.3. The van der Waals surface area contributed by atoms with Gasteiger partial charge in [0.1, 0.15) is 6.61 Å². The number of hydrogen-bond acceptors (Lipinski definition) is 8. The molecular weight excluding hydrogens is 504 g/mol. The molecule has 1 aliphatic carbocycles. The minimum absolute atomic E-state index is 0.00111. The second kappa shape index (κ2) is 11.6. The number of aromatic nitrogens is 2. The molecule has 3 atom stereocenters. The van der Waals surface area contributed by atoms with Crippen molar-refractivity contribution in [3.05, 3.63) is 76.1 Å². The van der Waals surface area contributed by atoms with Crippen LogP contribution in [0.5, 0.6) is 0 Å². The van der Waals surface area contributed by atoms with Crippen LogP contribution in [0.1, 0.15) is 65.0 Å². The first kappa shape index (κ1) is 27.6. The normalized spacial score (nSPS) is 19.6. The summed E-state index contributed by atoms with van der Waals surface area (Å²) in [5.74, 6) is 0.609. The summed E-state index contributed by atoms with van der Waals surface area (Å²) in [4.78, 5) is 36.0. The van der Waals surface area contributed by atoms with Crippen molar-refractivity contribution in [2.75, 3.05) is 17.6 Å². The number of benzene rings is 2. The fraction of sp³-hybridized carbons (Fsp3) is 0.419. The third kappa shape index (κ3) is 6.09. The smallest absolute Gasteiger partial charge is 0.302 e. The second-order valence-electron chi connectivity index (χ2n) is 11.0. The third-order valence-corrected chi connectivity index (χ3v) is 7.97. The topological polar surface area (TPSA) is 122 Å². The van der Waals surface area contributed by atoms with Gasteiger partial charge < -0.3 is 26.0 Å². The number of esters is 1. The number of aryl methyl sites for hydroxylation is 3. The Morgan fingerprint density at radius 2 is 1.88 bits per heavy atom. The van der Waals surface area contributed by atoms with Gasteiger partial charge in [-0.15, -0.1) is 0 Å². The average molecular weight is 543 g/mol. The maximum Gasteiger partial charge on any atom is 0.302 e. The van der Waals surface area contributed by atoms with Crippen LogP contribution in [0.3, 0.4) is 0 Å². The molecule has 9 nitrogen and oxygen atoms in total. The highest BCUT2D eigenvalue weighted by Crippen LogP contribution is 2.39. The van der Waals surface area contributed by atoms with Crippen LogP contribution in [-0.2, 0) is 29.1 Å². The standard InChI is InChI=1S/C31H38N6O3/c1-5-21-14-34-31(35-25-9-18(2)8-19(3)10-25)36-29(21)15-33-28-13-26-12-23(28)16-37(26)30(39)22-6-7-27(32)24(11-22)17-40-20(4)38/h6-11,14,23,26,28,33H,5,12-13,15-17,32H2,1-4H3,(H,34,35,36). The molecule has 210 valence electrons. The zero-order valence-electron chi connectivity index (χ0n) is 23.7. The number of nitrogens with two attached hydrogens (primary N) is 1. The Morgan fingerprint density at radius 1 is 1.10 bits per heavy atom. The molecule has 9 heteroatoms. The molecular formula is C31H38N6O3. The lowest BCUT2D eigenvalue weighted by Crippen LogP contribution is -2.46. The molecule has 1 aromatic heterocycles. The highest BCUT2D eigenvalue weighted by Gasteiger charge is 2.46. The van der Waals surface area contributed by atoms with E-state index in [4.69, 9.17) is 15.5 Å². The van der Waals surface area contributed by atoms with Crippen molar-refractivity contribution in [1.82, 2.24) is 20.2 Å². The zero-order valence-corrected chi connectivity index (χ0v) is 23.7. The van der Waals surface area contributed by atoms with Crippen molar-refractivity contribution >= 4 is 29.2 Å². The zero-order chi connectivity index (χ0) is 28.4. The van der Waals surface area contributed by atoms with E-state index in [1.807, 2.05) is 11.1 Å². The van der Waals surface area contributed by atoms with Crippen molar-refractivity contribution in [1.29, 1.82) is 0 Å². The fourth-order valence-electron chi connectivity index (χ4n) is 6.02. The number of carbonyl (C=O) groups is 2. The fourth-order valence-corrected chi connectivity index (χ4v) is 6.02. The van der Waals surface area contributed by atoms with Gasteiger partial charge in [0.05, 0.1) is 5.69 Å². The summed E-state index contributed by atoms with van der Waals surface area (Å²) < 4.78 is 5.09. The number of amides is 1. The first-order chi connectivity index (χ1) is 19.2. The molecule has 2 fully saturated rings. The van der Waals surface area contributed by atoms with Gasteiger partial charge >= 0.3 is 5.97 Å². The number of nitrogen functional groups attached to an aromatic ring is 1. The lowest BCUT2D eigenvalue weighted by molar-refractivity contribution is -0.142. The van der Waals surface area contributed by atoms with Gasteiger partial charge in [-0.05, 0) is 86.1 Å². The number of nitrogens with zero attached hydrogens (tertiary/aromatic N) is 3. The molecule has 1 amide bonds. The Kier molecular flexibility index (Phi) is 8.02.